The molecule has 0 saturated carbocycles. The van der Waals surface area contributed by atoms with Gasteiger partial charge in [0.15, 0.2) is 0 Å². The summed E-state index contributed by atoms with van der Waals surface area (Å²) >= 11 is 18.0. The molecule has 0 aliphatic carbocycles. The van der Waals surface area contributed by atoms with Crippen LogP contribution in [0.3, 0.4) is 0 Å². The standard InChI is InChI=1S/C15H13Cl3O/c1-9-5-12(6-10(2)15(9)18)19-14-4-3-11(8-16)7-13(14)17/h3-7H,8H2,1-2H3. The fourth-order valence-electron chi connectivity index (χ4n) is 1.80. The van der Waals surface area contributed by atoms with Crippen molar-refractivity contribution in [2.45, 2.75) is 19.7 Å². The molecule has 0 atom stereocenters. The van der Waals surface area contributed by atoms with Gasteiger partial charge < -0.3 is 4.74 Å². The number of rotatable bonds is 3. The number of alkyl halides is 1. The Labute approximate surface area is 128 Å². The largest absolute Gasteiger partial charge is 0.456 e. The first kappa shape index (κ1) is 14.5. The Kier molecular flexibility index (Phi) is 4.62. The van der Waals surface area contributed by atoms with Gasteiger partial charge in [0.05, 0.1) is 5.02 Å². The molecule has 0 heterocycles. The smallest absolute Gasteiger partial charge is 0.146 e. The monoisotopic (exact) mass is 314 g/mol. The summed E-state index contributed by atoms with van der Waals surface area (Å²) in [4.78, 5) is 0. The van der Waals surface area contributed by atoms with Gasteiger partial charge in [-0.15, -0.1) is 11.6 Å². The summed E-state index contributed by atoms with van der Waals surface area (Å²) in [5, 5.41) is 1.30. The molecule has 0 fully saturated rings. The van der Waals surface area contributed by atoms with Crippen LogP contribution in [0.2, 0.25) is 10.0 Å². The predicted octanol–water partition coefficient (Wildman–Crippen LogP) is 6.14. The van der Waals surface area contributed by atoms with Gasteiger partial charge in [0.1, 0.15) is 11.5 Å². The molecule has 1 nitrogen and oxygen atoms in total. The van der Waals surface area contributed by atoms with Crippen molar-refractivity contribution in [2.75, 3.05) is 0 Å². The normalized spacial score (nSPS) is 10.6. The molecular formula is C15H13Cl3O. The minimum atomic E-state index is 0.430. The molecule has 0 spiro atoms. The lowest BCUT2D eigenvalue weighted by Crippen LogP contribution is -1.90. The van der Waals surface area contributed by atoms with Crippen LogP contribution in [0.25, 0.3) is 0 Å². The Morgan fingerprint density at radius 1 is 1.00 bits per heavy atom. The van der Waals surface area contributed by atoms with Crippen LogP contribution < -0.4 is 4.74 Å². The molecule has 0 N–H and O–H groups in total. The second kappa shape index (κ2) is 6.04. The van der Waals surface area contributed by atoms with Crippen LogP contribution in [0.1, 0.15) is 16.7 Å². The molecule has 0 bridgehead atoms. The second-order valence-electron chi connectivity index (χ2n) is 4.37. The van der Waals surface area contributed by atoms with Gasteiger partial charge in [-0.2, -0.15) is 0 Å². The number of hydrogen-bond donors (Lipinski definition) is 0. The first-order valence-corrected chi connectivity index (χ1v) is 7.09. The van der Waals surface area contributed by atoms with E-state index in [1.54, 1.807) is 6.07 Å². The quantitative estimate of drug-likeness (QED) is 0.618. The average Bonchev–Trinajstić information content (AvgIpc) is 2.38. The maximum absolute atomic E-state index is 6.16. The first-order chi connectivity index (χ1) is 9.01. The fraction of sp³-hybridized carbons (Fsp3) is 0.200. The van der Waals surface area contributed by atoms with E-state index in [0.717, 1.165) is 27.5 Å². The molecule has 100 valence electrons. The van der Waals surface area contributed by atoms with Crippen LogP contribution >= 0.6 is 34.8 Å². The van der Waals surface area contributed by atoms with Crippen molar-refractivity contribution in [3.05, 3.63) is 57.1 Å². The van der Waals surface area contributed by atoms with Gasteiger partial charge >= 0.3 is 0 Å². The van der Waals surface area contributed by atoms with Crippen LogP contribution in [0, 0.1) is 13.8 Å². The molecule has 0 aliphatic heterocycles. The zero-order valence-corrected chi connectivity index (χ0v) is 12.9. The first-order valence-electron chi connectivity index (χ1n) is 5.80. The molecule has 2 aromatic carbocycles. The van der Waals surface area contributed by atoms with E-state index in [4.69, 9.17) is 39.5 Å². The van der Waals surface area contributed by atoms with Crippen LogP contribution in [-0.4, -0.2) is 0 Å². The molecule has 4 heteroatoms. The minimum Gasteiger partial charge on any atom is -0.456 e. The summed E-state index contributed by atoms with van der Waals surface area (Å²) in [5.41, 5.74) is 2.91. The lowest BCUT2D eigenvalue weighted by atomic mass is 10.1. The number of halogens is 3. The van der Waals surface area contributed by atoms with Crippen molar-refractivity contribution in [3.63, 3.8) is 0 Å². The molecule has 2 aromatic rings. The maximum Gasteiger partial charge on any atom is 0.146 e. The van der Waals surface area contributed by atoms with Gasteiger partial charge in [-0.05, 0) is 54.8 Å². The van der Waals surface area contributed by atoms with Crippen molar-refractivity contribution in [1.82, 2.24) is 0 Å². The van der Waals surface area contributed by atoms with E-state index in [-0.39, 0.29) is 0 Å². The van der Waals surface area contributed by atoms with Gasteiger partial charge in [-0.25, -0.2) is 0 Å². The lowest BCUT2D eigenvalue weighted by Gasteiger charge is -2.11. The van der Waals surface area contributed by atoms with Crippen molar-refractivity contribution in [3.8, 4) is 11.5 Å². The Bertz CT molecular complexity index is 585. The van der Waals surface area contributed by atoms with Crippen molar-refractivity contribution >= 4 is 34.8 Å². The van der Waals surface area contributed by atoms with Crippen molar-refractivity contribution in [2.24, 2.45) is 0 Å². The third-order valence-electron chi connectivity index (χ3n) is 2.79. The summed E-state index contributed by atoms with van der Waals surface area (Å²) in [6.07, 6.45) is 0. The number of aryl methyl sites for hydroxylation is 2. The highest BCUT2D eigenvalue weighted by molar-refractivity contribution is 6.32. The van der Waals surface area contributed by atoms with Crippen molar-refractivity contribution < 1.29 is 4.74 Å². The van der Waals surface area contributed by atoms with Gasteiger partial charge in [0, 0.05) is 10.9 Å². The number of ether oxygens (including phenoxy) is 1. The number of hydrogen-bond acceptors (Lipinski definition) is 1. The van der Waals surface area contributed by atoms with E-state index in [1.807, 2.05) is 38.1 Å². The summed E-state index contributed by atoms with van der Waals surface area (Å²) in [6, 6.07) is 9.30. The van der Waals surface area contributed by atoms with E-state index in [0.29, 0.717) is 16.7 Å². The third kappa shape index (κ3) is 3.36. The Balaban J connectivity index is 2.31. The van der Waals surface area contributed by atoms with E-state index in [2.05, 4.69) is 0 Å². The van der Waals surface area contributed by atoms with Crippen LogP contribution in [0.4, 0.5) is 0 Å². The molecule has 0 amide bonds. The van der Waals surface area contributed by atoms with E-state index < -0.39 is 0 Å². The summed E-state index contributed by atoms with van der Waals surface area (Å²) in [6.45, 7) is 3.89. The lowest BCUT2D eigenvalue weighted by molar-refractivity contribution is 0.482. The van der Waals surface area contributed by atoms with E-state index in [9.17, 15) is 0 Å². The highest BCUT2D eigenvalue weighted by atomic mass is 35.5. The molecule has 0 saturated heterocycles. The fourth-order valence-corrected chi connectivity index (χ4v) is 2.32. The van der Waals surface area contributed by atoms with Crippen molar-refractivity contribution in [1.29, 1.82) is 0 Å². The van der Waals surface area contributed by atoms with E-state index in [1.165, 1.54) is 0 Å². The summed E-state index contributed by atoms with van der Waals surface area (Å²) in [5.74, 6) is 1.76. The summed E-state index contributed by atoms with van der Waals surface area (Å²) in [7, 11) is 0. The predicted molar refractivity (Wildman–Crippen MR) is 82.0 cm³/mol. The topological polar surface area (TPSA) is 9.23 Å². The minimum absolute atomic E-state index is 0.430. The Morgan fingerprint density at radius 3 is 2.16 bits per heavy atom. The zero-order valence-electron chi connectivity index (χ0n) is 10.6. The second-order valence-corrected chi connectivity index (χ2v) is 5.42. The van der Waals surface area contributed by atoms with Gasteiger partial charge in [-0.1, -0.05) is 29.3 Å². The van der Waals surface area contributed by atoms with Crippen LogP contribution in [0.15, 0.2) is 30.3 Å². The molecule has 0 radical (unpaired) electrons. The molecule has 2 rings (SSSR count). The van der Waals surface area contributed by atoms with Gasteiger partial charge in [0.2, 0.25) is 0 Å². The molecule has 0 aromatic heterocycles. The molecule has 0 unspecified atom stereocenters. The van der Waals surface area contributed by atoms with E-state index >= 15 is 0 Å². The zero-order chi connectivity index (χ0) is 14.0. The molecule has 0 aliphatic rings. The van der Waals surface area contributed by atoms with Gasteiger partial charge in [0.25, 0.3) is 0 Å². The maximum atomic E-state index is 6.16. The summed E-state index contributed by atoms with van der Waals surface area (Å²) < 4.78 is 5.79. The molecule has 19 heavy (non-hydrogen) atoms. The highest BCUT2D eigenvalue weighted by Gasteiger charge is 2.07. The number of benzene rings is 2. The van der Waals surface area contributed by atoms with Crippen LogP contribution in [0.5, 0.6) is 11.5 Å². The highest BCUT2D eigenvalue weighted by Crippen LogP contribution is 2.33. The SMILES string of the molecule is Cc1cc(Oc2ccc(CCl)cc2Cl)cc(C)c1Cl. The third-order valence-corrected chi connectivity index (χ3v) is 3.99. The van der Waals surface area contributed by atoms with Crippen LogP contribution in [-0.2, 0) is 5.88 Å². The Hall–Kier alpha value is -0.890. The van der Waals surface area contributed by atoms with Gasteiger partial charge in [-0.3, -0.25) is 0 Å². The molecular weight excluding hydrogens is 303 g/mol. The Morgan fingerprint density at radius 2 is 1.63 bits per heavy atom. The average molecular weight is 316 g/mol.